The second-order valence-corrected chi connectivity index (χ2v) is 5.75. The first-order chi connectivity index (χ1) is 10.9. The van der Waals surface area contributed by atoms with E-state index in [9.17, 15) is 9.59 Å². The topological polar surface area (TPSA) is 82.3 Å². The molecular weight excluding hydrogens is 292 g/mol. The second-order valence-electron chi connectivity index (χ2n) is 5.75. The van der Waals surface area contributed by atoms with Crippen molar-refractivity contribution < 1.29 is 9.59 Å². The van der Waals surface area contributed by atoms with Crippen LogP contribution in [-0.4, -0.2) is 64.9 Å². The highest BCUT2D eigenvalue weighted by Crippen LogP contribution is 2.00. The Balaban J connectivity index is 0. The molecule has 138 valence electrons. The summed E-state index contributed by atoms with van der Waals surface area (Å²) in [5, 5.41) is 12.1. The van der Waals surface area contributed by atoms with Gasteiger partial charge in [-0.3, -0.25) is 9.59 Å². The summed E-state index contributed by atoms with van der Waals surface area (Å²) in [6, 6.07) is 0.102. The van der Waals surface area contributed by atoms with Crippen molar-refractivity contribution in [3.05, 3.63) is 0 Å². The minimum atomic E-state index is 0.0448. The van der Waals surface area contributed by atoms with Crippen LogP contribution in [0.15, 0.2) is 0 Å². The smallest absolute Gasteiger partial charge is 0.146 e. The third-order valence-corrected chi connectivity index (χ3v) is 3.77. The molecule has 0 aromatic rings. The van der Waals surface area contributed by atoms with Gasteiger partial charge in [0, 0.05) is 0 Å². The maximum atomic E-state index is 11.0. The minimum absolute atomic E-state index is 0.0448. The number of ketones is 2. The Morgan fingerprint density at radius 1 is 0.696 bits per heavy atom. The van der Waals surface area contributed by atoms with Crippen molar-refractivity contribution in [2.45, 2.75) is 58.0 Å². The normalized spacial score (nSPS) is 13.0. The van der Waals surface area contributed by atoms with Crippen molar-refractivity contribution in [2.24, 2.45) is 0 Å². The number of hydrogen-bond acceptors (Lipinski definition) is 6. The van der Waals surface area contributed by atoms with Gasteiger partial charge < -0.3 is 21.3 Å². The van der Waals surface area contributed by atoms with E-state index in [0.29, 0.717) is 0 Å². The zero-order valence-corrected chi connectivity index (χ0v) is 15.9. The molecule has 0 fully saturated rings. The number of Topliss-reactive ketones (excluding diaryl/α,β-unsaturated/α-hetero) is 2. The van der Waals surface area contributed by atoms with E-state index in [4.69, 9.17) is 0 Å². The molecule has 0 aliphatic carbocycles. The Morgan fingerprint density at radius 2 is 1.09 bits per heavy atom. The molecule has 0 aromatic heterocycles. The van der Waals surface area contributed by atoms with E-state index in [2.05, 4.69) is 21.3 Å². The van der Waals surface area contributed by atoms with Crippen LogP contribution < -0.4 is 21.3 Å². The standard InChI is InChI=1S/C9H20N2O.C8H18N2O/c1-8(12)9(11-3)6-4-5-7-10-2;1-7(11)8(10-3)5-4-6-9-2/h9-11H,4-7H2,1-3H3;8-10H,4-6H2,1-3H3. The van der Waals surface area contributed by atoms with Gasteiger partial charge in [0.05, 0.1) is 12.1 Å². The van der Waals surface area contributed by atoms with Crippen LogP contribution in [0.2, 0.25) is 0 Å². The molecule has 0 heterocycles. The fraction of sp³-hybridized carbons (Fsp3) is 0.882. The van der Waals surface area contributed by atoms with Crippen molar-refractivity contribution in [3.63, 3.8) is 0 Å². The van der Waals surface area contributed by atoms with Gasteiger partial charge in [-0.15, -0.1) is 0 Å². The summed E-state index contributed by atoms with van der Waals surface area (Å²) in [5.74, 6) is 0.463. The number of rotatable bonds is 13. The molecule has 0 spiro atoms. The summed E-state index contributed by atoms with van der Waals surface area (Å²) in [5.41, 5.74) is 0. The Kier molecular flexibility index (Phi) is 18.6. The summed E-state index contributed by atoms with van der Waals surface area (Å²) < 4.78 is 0. The maximum Gasteiger partial charge on any atom is 0.146 e. The number of unbranched alkanes of at least 4 members (excludes halogenated alkanes) is 1. The highest BCUT2D eigenvalue weighted by Gasteiger charge is 2.10. The quantitative estimate of drug-likeness (QED) is 0.373. The Morgan fingerprint density at radius 3 is 1.43 bits per heavy atom. The maximum absolute atomic E-state index is 11.0. The number of carbonyl (C=O) groups excluding carboxylic acids is 2. The van der Waals surface area contributed by atoms with Gasteiger partial charge in [-0.05, 0) is 80.8 Å². The first-order valence-corrected chi connectivity index (χ1v) is 8.59. The zero-order chi connectivity index (χ0) is 18.1. The molecule has 23 heavy (non-hydrogen) atoms. The Labute approximate surface area is 142 Å². The summed E-state index contributed by atoms with van der Waals surface area (Å²) in [7, 11) is 7.53. The Hall–Kier alpha value is -0.820. The van der Waals surface area contributed by atoms with Crippen LogP contribution in [0.4, 0.5) is 0 Å². The predicted molar refractivity (Wildman–Crippen MR) is 98.0 cm³/mol. The first kappa shape index (κ1) is 24.4. The molecular formula is C17H38N4O2. The van der Waals surface area contributed by atoms with Crippen LogP contribution in [0, 0.1) is 0 Å². The molecule has 2 unspecified atom stereocenters. The fourth-order valence-corrected chi connectivity index (χ4v) is 2.23. The molecule has 0 aliphatic rings. The van der Waals surface area contributed by atoms with E-state index in [1.54, 1.807) is 13.8 Å². The SMILES string of the molecule is CNCCCC(NC)C(C)=O.CNCCCCC(NC)C(C)=O. The lowest BCUT2D eigenvalue weighted by atomic mass is 10.1. The lowest BCUT2D eigenvalue weighted by molar-refractivity contribution is -0.119. The number of likely N-dealkylation sites (N-methyl/N-ethyl adjacent to an activating group) is 2. The molecule has 0 aromatic carbocycles. The third kappa shape index (κ3) is 15.8. The molecule has 0 bridgehead atoms. The molecule has 6 heteroatoms. The number of nitrogens with one attached hydrogen (secondary N) is 4. The monoisotopic (exact) mass is 330 g/mol. The van der Waals surface area contributed by atoms with Crippen molar-refractivity contribution in [3.8, 4) is 0 Å². The zero-order valence-electron chi connectivity index (χ0n) is 15.9. The van der Waals surface area contributed by atoms with E-state index in [-0.39, 0.29) is 23.7 Å². The molecule has 2 atom stereocenters. The van der Waals surface area contributed by atoms with E-state index < -0.39 is 0 Å². The lowest BCUT2D eigenvalue weighted by Gasteiger charge is -2.11. The second kappa shape index (κ2) is 17.5. The molecule has 0 radical (unpaired) electrons. The van der Waals surface area contributed by atoms with Gasteiger partial charge >= 0.3 is 0 Å². The van der Waals surface area contributed by atoms with E-state index >= 15 is 0 Å². The predicted octanol–water partition coefficient (Wildman–Crippen LogP) is 0.716. The number of hydrogen-bond donors (Lipinski definition) is 4. The van der Waals surface area contributed by atoms with E-state index in [1.807, 2.05) is 28.2 Å². The summed E-state index contributed by atoms with van der Waals surface area (Å²) in [4.78, 5) is 21.8. The van der Waals surface area contributed by atoms with Crippen LogP contribution in [-0.2, 0) is 9.59 Å². The summed E-state index contributed by atoms with van der Waals surface area (Å²) >= 11 is 0. The van der Waals surface area contributed by atoms with Crippen molar-refractivity contribution in [2.75, 3.05) is 41.3 Å². The van der Waals surface area contributed by atoms with Gasteiger partial charge in [0.1, 0.15) is 11.6 Å². The van der Waals surface area contributed by atoms with Crippen LogP contribution in [0.5, 0.6) is 0 Å². The average Bonchev–Trinajstić information content (AvgIpc) is 2.51. The van der Waals surface area contributed by atoms with Crippen LogP contribution in [0.1, 0.15) is 46.0 Å². The van der Waals surface area contributed by atoms with Gasteiger partial charge in [0.25, 0.3) is 0 Å². The van der Waals surface area contributed by atoms with E-state index in [1.165, 1.54) is 0 Å². The third-order valence-electron chi connectivity index (χ3n) is 3.77. The molecule has 0 aliphatic heterocycles. The van der Waals surface area contributed by atoms with Crippen LogP contribution >= 0.6 is 0 Å². The minimum Gasteiger partial charge on any atom is -0.320 e. The van der Waals surface area contributed by atoms with Crippen molar-refractivity contribution >= 4 is 11.6 Å². The largest absolute Gasteiger partial charge is 0.320 e. The average molecular weight is 331 g/mol. The summed E-state index contributed by atoms with van der Waals surface area (Å²) in [6.45, 7) is 5.28. The Bertz CT molecular complexity index is 298. The van der Waals surface area contributed by atoms with Crippen LogP contribution in [0.3, 0.4) is 0 Å². The highest BCUT2D eigenvalue weighted by atomic mass is 16.1. The van der Waals surface area contributed by atoms with Gasteiger partial charge in [0.15, 0.2) is 0 Å². The van der Waals surface area contributed by atoms with E-state index in [0.717, 1.165) is 45.2 Å². The molecule has 0 rings (SSSR count). The molecule has 4 N–H and O–H groups in total. The van der Waals surface area contributed by atoms with Crippen molar-refractivity contribution in [1.82, 2.24) is 21.3 Å². The molecule has 0 saturated carbocycles. The number of carbonyl (C=O) groups is 2. The van der Waals surface area contributed by atoms with Crippen molar-refractivity contribution in [1.29, 1.82) is 0 Å². The molecule has 6 nitrogen and oxygen atoms in total. The molecule has 0 saturated heterocycles. The lowest BCUT2D eigenvalue weighted by Crippen LogP contribution is -2.32. The first-order valence-electron chi connectivity index (χ1n) is 8.59. The van der Waals surface area contributed by atoms with Gasteiger partial charge in [-0.1, -0.05) is 6.42 Å². The summed E-state index contributed by atoms with van der Waals surface area (Å²) in [6.07, 6.45) is 5.16. The van der Waals surface area contributed by atoms with Gasteiger partial charge in [-0.25, -0.2) is 0 Å². The highest BCUT2D eigenvalue weighted by molar-refractivity contribution is 5.81. The van der Waals surface area contributed by atoms with Gasteiger partial charge in [-0.2, -0.15) is 0 Å². The van der Waals surface area contributed by atoms with Gasteiger partial charge in [0.2, 0.25) is 0 Å². The fourth-order valence-electron chi connectivity index (χ4n) is 2.23. The van der Waals surface area contributed by atoms with Crippen LogP contribution in [0.25, 0.3) is 0 Å². The molecule has 0 amide bonds.